The molecular weight excluding hydrogens is 721 g/mol. The van der Waals surface area contributed by atoms with Crippen molar-refractivity contribution in [2.75, 3.05) is 13.2 Å². The second-order valence-electron chi connectivity index (χ2n) is 19.0. The van der Waals surface area contributed by atoms with Crippen LogP contribution in [0.1, 0.15) is 271 Å². The first-order valence-electron chi connectivity index (χ1n) is 24.8. The van der Waals surface area contributed by atoms with Crippen LogP contribution in [0.2, 0.25) is 0 Å². The molecule has 1 rings (SSSR count). The Balaban J connectivity index is 2.22. The minimum Gasteiger partial charge on any atom is -0.508 e. The van der Waals surface area contributed by atoms with Crippen molar-refractivity contribution in [3.05, 3.63) is 23.3 Å². The third kappa shape index (κ3) is 27.5. The van der Waals surface area contributed by atoms with E-state index in [1.807, 2.05) is 27.7 Å². The van der Waals surface area contributed by atoms with E-state index in [0.29, 0.717) is 62.9 Å². The molecule has 0 bridgehead atoms. The molecule has 0 aliphatic carbocycles. The van der Waals surface area contributed by atoms with Gasteiger partial charge in [-0.1, -0.05) is 208 Å². The first-order valence-corrected chi connectivity index (χ1v) is 24.8. The molecule has 0 atom stereocenters. The van der Waals surface area contributed by atoms with Gasteiger partial charge in [-0.3, -0.25) is 9.59 Å². The summed E-state index contributed by atoms with van der Waals surface area (Å²) in [4.78, 5) is 24.9. The maximum atomic E-state index is 12.4. The summed E-state index contributed by atoms with van der Waals surface area (Å²) in [6.07, 6.45) is 39.8. The van der Waals surface area contributed by atoms with E-state index in [-0.39, 0.29) is 23.4 Å². The molecule has 1 aromatic carbocycles. The number of unbranched alkanes of at least 4 members (excludes halogenated alkanes) is 26. The van der Waals surface area contributed by atoms with Crippen LogP contribution in [-0.2, 0) is 29.9 Å². The van der Waals surface area contributed by atoms with Gasteiger partial charge in [-0.05, 0) is 61.5 Å². The van der Waals surface area contributed by atoms with E-state index in [1.165, 1.54) is 154 Å². The number of aromatic hydroxyl groups is 2. The van der Waals surface area contributed by atoms with Gasteiger partial charge in [0.1, 0.15) is 11.5 Å². The van der Waals surface area contributed by atoms with Crippen molar-refractivity contribution < 1.29 is 29.3 Å². The molecule has 0 aliphatic rings. The SMILES string of the molecule is CCCCCCCCCCCCCCCCOC(=O)CCCC(C)(C)c1cc(O)c(C(C)(C)CCCC(=O)OCCCCCCCCCCCCCCCC)cc1O. The molecule has 58 heavy (non-hydrogen) atoms. The van der Waals surface area contributed by atoms with Gasteiger partial charge in [0.15, 0.2) is 0 Å². The Morgan fingerprint density at radius 3 is 0.914 bits per heavy atom. The Morgan fingerprint density at radius 2 is 0.655 bits per heavy atom. The van der Waals surface area contributed by atoms with Gasteiger partial charge in [0.05, 0.1) is 13.2 Å². The van der Waals surface area contributed by atoms with E-state index in [2.05, 4.69) is 13.8 Å². The van der Waals surface area contributed by atoms with E-state index in [0.717, 1.165) is 25.7 Å². The number of benzene rings is 1. The fourth-order valence-electron chi connectivity index (χ4n) is 8.39. The summed E-state index contributed by atoms with van der Waals surface area (Å²) in [6, 6.07) is 3.37. The van der Waals surface area contributed by atoms with E-state index >= 15 is 0 Å². The zero-order chi connectivity index (χ0) is 42.7. The van der Waals surface area contributed by atoms with Crippen LogP contribution in [0.3, 0.4) is 0 Å². The van der Waals surface area contributed by atoms with Crippen LogP contribution in [0.25, 0.3) is 0 Å². The monoisotopic (exact) mass is 815 g/mol. The zero-order valence-corrected chi connectivity index (χ0v) is 39.1. The van der Waals surface area contributed by atoms with Crippen LogP contribution < -0.4 is 0 Å². The van der Waals surface area contributed by atoms with Gasteiger partial charge in [-0.25, -0.2) is 0 Å². The summed E-state index contributed by atoms with van der Waals surface area (Å²) in [5.74, 6) is -0.0145. The predicted octanol–water partition coefficient (Wildman–Crippen LogP) is 16.0. The smallest absolute Gasteiger partial charge is 0.305 e. The van der Waals surface area contributed by atoms with Crippen LogP contribution >= 0.6 is 0 Å². The molecule has 0 fully saturated rings. The molecule has 0 aliphatic heterocycles. The quantitative estimate of drug-likeness (QED) is 0.0389. The summed E-state index contributed by atoms with van der Waals surface area (Å²) in [7, 11) is 0. The predicted molar refractivity (Wildman–Crippen MR) is 246 cm³/mol. The molecule has 0 saturated carbocycles. The van der Waals surface area contributed by atoms with Gasteiger partial charge in [0.25, 0.3) is 0 Å². The maximum absolute atomic E-state index is 12.4. The minimum absolute atomic E-state index is 0.152. The number of hydrogen-bond acceptors (Lipinski definition) is 6. The molecule has 0 aromatic heterocycles. The molecule has 338 valence electrons. The standard InChI is InChI=1S/C52H94O6/c1-7-9-11-13-15-17-19-21-23-25-27-29-31-33-41-57-49(55)37-35-39-51(3,4)45-43-48(54)46(44-47(45)53)52(5,6)40-36-38-50(56)58-42-34-32-30-28-26-24-22-20-18-16-14-12-10-8-2/h43-44,53-54H,7-42H2,1-6H3. The average molecular weight is 815 g/mol. The highest BCUT2D eigenvalue weighted by Crippen LogP contribution is 2.43. The van der Waals surface area contributed by atoms with Gasteiger partial charge in [0.2, 0.25) is 0 Å². The van der Waals surface area contributed by atoms with Crippen LogP contribution in [0, 0.1) is 0 Å². The number of carbonyl (C=O) groups excluding carboxylic acids is 2. The molecule has 0 unspecified atom stereocenters. The molecule has 0 amide bonds. The largest absolute Gasteiger partial charge is 0.508 e. The molecule has 0 spiro atoms. The third-order valence-corrected chi connectivity index (χ3v) is 12.5. The summed E-state index contributed by atoms with van der Waals surface area (Å²) in [5.41, 5.74) is 0.478. The van der Waals surface area contributed by atoms with Crippen molar-refractivity contribution in [3.63, 3.8) is 0 Å². The van der Waals surface area contributed by atoms with Crippen molar-refractivity contribution in [2.24, 2.45) is 0 Å². The van der Waals surface area contributed by atoms with E-state index < -0.39 is 10.8 Å². The molecule has 0 saturated heterocycles. The number of hydrogen-bond donors (Lipinski definition) is 2. The van der Waals surface area contributed by atoms with Gasteiger partial charge < -0.3 is 19.7 Å². The molecular formula is C52H94O6. The fraction of sp³-hybridized carbons (Fsp3) is 0.846. The molecule has 6 nitrogen and oxygen atoms in total. The van der Waals surface area contributed by atoms with Crippen molar-refractivity contribution in [2.45, 2.75) is 271 Å². The highest BCUT2D eigenvalue weighted by atomic mass is 16.5. The van der Waals surface area contributed by atoms with Crippen molar-refractivity contribution >= 4 is 11.9 Å². The molecule has 6 heteroatoms. The lowest BCUT2D eigenvalue weighted by Gasteiger charge is -2.30. The number of phenols is 2. The van der Waals surface area contributed by atoms with Crippen molar-refractivity contribution in [3.8, 4) is 11.5 Å². The number of rotatable bonds is 40. The second-order valence-corrected chi connectivity index (χ2v) is 19.0. The van der Waals surface area contributed by atoms with Crippen LogP contribution in [0.4, 0.5) is 0 Å². The third-order valence-electron chi connectivity index (χ3n) is 12.5. The first kappa shape index (κ1) is 53.8. The first-order chi connectivity index (χ1) is 27.9. The van der Waals surface area contributed by atoms with Gasteiger partial charge in [-0.15, -0.1) is 0 Å². The number of phenolic OH excluding ortho intramolecular Hbond substituents is 2. The summed E-state index contributed by atoms with van der Waals surface area (Å²) < 4.78 is 11.0. The van der Waals surface area contributed by atoms with Gasteiger partial charge >= 0.3 is 11.9 Å². The lowest BCUT2D eigenvalue weighted by atomic mass is 9.75. The van der Waals surface area contributed by atoms with E-state index in [4.69, 9.17) is 9.47 Å². The van der Waals surface area contributed by atoms with Crippen LogP contribution in [0.5, 0.6) is 11.5 Å². The summed E-state index contributed by atoms with van der Waals surface area (Å²) in [5, 5.41) is 22.2. The Morgan fingerprint density at radius 1 is 0.414 bits per heavy atom. The molecule has 1 aromatic rings. The lowest BCUT2D eigenvalue weighted by molar-refractivity contribution is -0.144. The fourth-order valence-corrected chi connectivity index (χ4v) is 8.39. The molecule has 2 N–H and O–H groups in total. The Hall–Kier alpha value is -2.24. The van der Waals surface area contributed by atoms with Crippen LogP contribution in [0.15, 0.2) is 12.1 Å². The topological polar surface area (TPSA) is 93.1 Å². The summed E-state index contributed by atoms with van der Waals surface area (Å²) >= 11 is 0. The second kappa shape index (κ2) is 34.5. The van der Waals surface area contributed by atoms with E-state index in [9.17, 15) is 19.8 Å². The Labute approximate surface area is 358 Å². The highest BCUT2D eigenvalue weighted by Gasteiger charge is 2.30. The van der Waals surface area contributed by atoms with E-state index in [1.54, 1.807) is 12.1 Å². The Kier molecular flexibility index (Phi) is 32.0. The highest BCUT2D eigenvalue weighted by molar-refractivity contribution is 5.69. The maximum Gasteiger partial charge on any atom is 0.305 e. The lowest BCUT2D eigenvalue weighted by Crippen LogP contribution is -2.21. The molecule has 0 radical (unpaired) electrons. The normalized spacial score (nSPS) is 12.0. The van der Waals surface area contributed by atoms with Gasteiger partial charge in [0, 0.05) is 24.0 Å². The van der Waals surface area contributed by atoms with Crippen molar-refractivity contribution in [1.29, 1.82) is 0 Å². The minimum atomic E-state index is -0.435. The number of carbonyl (C=O) groups is 2. The Bertz CT molecular complexity index is 1070. The summed E-state index contributed by atoms with van der Waals surface area (Å²) in [6.45, 7) is 13.7. The van der Waals surface area contributed by atoms with Crippen LogP contribution in [-0.4, -0.2) is 35.4 Å². The zero-order valence-electron chi connectivity index (χ0n) is 39.1. The number of ether oxygens (including phenoxy) is 2. The van der Waals surface area contributed by atoms with Crippen molar-refractivity contribution in [1.82, 2.24) is 0 Å². The molecule has 0 heterocycles. The average Bonchev–Trinajstić information content (AvgIpc) is 3.18. The van der Waals surface area contributed by atoms with Gasteiger partial charge in [-0.2, -0.15) is 0 Å². The number of esters is 2.